The maximum absolute atomic E-state index is 11.1. The summed E-state index contributed by atoms with van der Waals surface area (Å²) in [5, 5.41) is 14.0. The minimum atomic E-state index is -1.04. The number of carboxylic acids is 1. The van der Waals surface area contributed by atoms with Gasteiger partial charge in [-0.05, 0) is 24.3 Å². The highest BCUT2D eigenvalue weighted by atomic mass is 35.5. The molecular weight excluding hydrogens is 273 g/mol. The minimum Gasteiger partial charge on any atom is -0.478 e. The van der Waals surface area contributed by atoms with Gasteiger partial charge in [-0.3, -0.25) is 0 Å². The third kappa shape index (κ3) is 2.58. The van der Waals surface area contributed by atoms with E-state index < -0.39 is 5.97 Å². The van der Waals surface area contributed by atoms with Crippen LogP contribution in [0.15, 0.2) is 42.5 Å². The highest BCUT2D eigenvalue weighted by Crippen LogP contribution is 2.33. The smallest absolute Gasteiger partial charge is 0.337 e. The third-order valence-corrected chi connectivity index (χ3v) is 2.91. The molecule has 0 amide bonds. The Hall–Kier alpha value is -1.71. The van der Waals surface area contributed by atoms with Crippen molar-refractivity contribution in [3.63, 3.8) is 0 Å². The van der Waals surface area contributed by atoms with Crippen LogP contribution in [0.2, 0.25) is 10.0 Å². The molecule has 2 aromatic carbocycles. The lowest BCUT2D eigenvalue weighted by Gasteiger charge is -2.09. The second kappa shape index (κ2) is 5.29. The molecule has 3 nitrogen and oxygen atoms in total. The summed E-state index contributed by atoms with van der Waals surface area (Å²) in [5.41, 5.74) is 0.794. The first-order valence-corrected chi connectivity index (χ1v) is 5.83. The molecule has 2 aromatic rings. The Balaban J connectivity index is 2.43. The van der Waals surface area contributed by atoms with E-state index in [0.29, 0.717) is 21.4 Å². The van der Waals surface area contributed by atoms with E-state index in [1.165, 1.54) is 6.07 Å². The van der Waals surface area contributed by atoms with Crippen LogP contribution in [0.3, 0.4) is 0 Å². The summed E-state index contributed by atoms with van der Waals surface area (Å²) in [6, 6.07) is 11.4. The van der Waals surface area contributed by atoms with Crippen LogP contribution in [0, 0.1) is 0 Å². The van der Waals surface area contributed by atoms with Crippen molar-refractivity contribution in [2.45, 2.75) is 0 Å². The molecule has 18 heavy (non-hydrogen) atoms. The molecule has 0 fully saturated rings. The van der Waals surface area contributed by atoms with Gasteiger partial charge in [0.2, 0.25) is 0 Å². The first-order valence-electron chi connectivity index (χ1n) is 5.07. The highest BCUT2D eigenvalue weighted by Gasteiger charge is 2.13. The van der Waals surface area contributed by atoms with E-state index in [-0.39, 0.29) is 5.56 Å². The van der Waals surface area contributed by atoms with Crippen molar-refractivity contribution in [3.05, 3.63) is 58.1 Å². The molecule has 0 atom stereocenters. The molecule has 5 heteroatoms. The number of hydrogen-bond donors (Lipinski definition) is 1. The van der Waals surface area contributed by atoms with E-state index >= 15 is 0 Å². The lowest BCUT2D eigenvalue weighted by molar-refractivity contribution is 0.0697. The van der Waals surface area contributed by atoms with Crippen molar-refractivity contribution in [2.75, 3.05) is 0 Å². The number of aromatic carboxylic acids is 1. The highest BCUT2D eigenvalue weighted by molar-refractivity contribution is 6.38. The molecule has 91 valence electrons. The van der Waals surface area contributed by atoms with Crippen LogP contribution in [0.4, 0.5) is 11.4 Å². The van der Waals surface area contributed by atoms with Gasteiger partial charge in [0.05, 0.1) is 21.3 Å². The SMILES string of the molecule is O=C(O)c1ccccc1[N]c1c(Cl)cccc1Cl. The van der Waals surface area contributed by atoms with Crippen LogP contribution < -0.4 is 5.32 Å². The van der Waals surface area contributed by atoms with Gasteiger partial charge < -0.3 is 5.11 Å². The zero-order valence-electron chi connectivity index (χ0n) is 9.10. The van der Waals surface area contributed by atoms with E-state index in [1.54, 1.807) is 36.4 Å². The summed E-state index contributed by atoms with van der Waals surface area (Å²) < 4.78 is 0. The van der Waals surface area contributed by atoms with E-state index in [4.69, 9.17) is 28.3 Å². The van der Waals surface area contributed by atoms with Crippen molar-refractivity contribution in [1.29, 1.82) is 0 Å². The molecule has 0 spiro atoms. The van der Waals surface area contributed by atoms with Crippen molar-refractivity contribution < 1.29 is 9.90 Å². The summed E-state index contributed by atoms with van der Waals surface area (Å²) >= 11 is 12.0. The molecule has 0 aromatic heterocycles. The molecule has 2 rings (SSSR count). The maximum atomic E-state index is 11.1. The first-order chi connectivity index (χ1) is 8.59. The Bertz CT molecular complexity index is 579. The Morgan fingerprint density at radius 1 is 1.00 bits per heavy atom. The molecule has 0 saturated heterocycles. The quantitative estimate of drug-likeness (QED) is 0.913. The number of para-hydroxylation sites is 2. The van der Waals surface area contributed by atoms with Gasteiger partial charge in [-0.15, -0.1) is 0 Å². The summed E-state index contributed by atoms with van der Waals surface area (Å²) in [7, 11) is 0. The van der Waals surface area contributed by atoms with Crippen LogP contribution in [-0.4, -0.2) is 11.1 Å². The molecule has 0 aliphatic carbocycles. The second-order valence-electron chi connectivity index (χ2n) is 3.50. The average Bonchev–Trinajstić information content (AvgIpc) is 2.34. The van der Waals surface area contributed by atoms with Gasteiger partial charge in [0.1, 0.15) is 5.69 Å². The van der Waals surface area contributed by atoms with Crippen molar-refractivity contribution >= 4 is 40.5 Å². The Morgan fingerprint density at radius 3 is 2.22 bits per heavy atom. The number of rotatable bonds is 3. The fourth-order valence-corrected chi connectivity index (χ4v) is 1.95. The van der Waals surface area contributed by atoms with Gasteiger partial charge in [-0.1, -0.05) is 41.4 Å². The van der Waals surface area contributed by atoms with Gasteiger partial charge in [0.15, 0.2) is 0 Å². The first kappa shape index (κ1) is 12.7. The zero-order chi connectivity index (χ0) is 13.1. The van der Waals surface area contributed by atoms with Crippen LogP contribution in [0.25, 0.3) is 0 Å². The number of nitrogens with zero attached hydrogens (tertiary/aromatic N) is 1. The lowest BCUT2D eigenvalue weighted by atomic mass is 10.1. The van der Waals surface area contributed by atoms with Gasteiger partial charge in [-0.2, -0.15) is 0 Å². The Morgan fingerprint density at radius 2 is 1.61 bits per heavy atom. The van der Waals surface area contributed by atoms with E-state index in [9.17, 15) is 4.79 Å². The van der Waals surface area contributed by atoms with Crippen LogP contribution >= 0.6 is 23.2 Å². The van der Waals surface area contributed by atoms with Crippen molar-refractivity contribution in [1.82, 2.24) is 5.32 Å². The lowest BCUT2D eigenvalue weighted by Crippen LogP contribution is -2.02. The summed E-state index contributed by atoms with van der Waals surface area (Å²) in [4.78, 5) is 11.1. The summed E-state index contributed by atoms with van der Waals surface area (Å²) in [6.45, 7) is 0. The third-order valence-electron chi connectivity index (χ3n) is 2.30. The molecule has 0 saturated carbocycles. The van der Waals surface area contributed by atoms with Gasteiger partial charge in [0, 0.05) is 0 Å². The molecule has 0 aliphatic rings. The van der Waals surface area contributed by atoms with Crippen molar-refractivity contribution in [3.8, 4) is 0 Å². The standard InChI is InChI=1S/C13H8Cl2NO2/c14-9-5-3-6-10(15)12(9)16-11-7-2-1-4-8(11)13(17)18/h1-7H,(H,17,18). The molecule has 0 unspecified atom stereocenters. The number of hydrogen-bond acceptors (Lipinski definition) is 1. The monoisotopic (exact) mass is 280 g/mol. The minimum absolute atomic E-state index is 0.105. The number of halogens is 2. The average molecular weight is 281 g/mol. The van der Waals surface area contributed by atoms with E-state index in [2.05, 4.69) is 5.32 Å². The number of carbonyl (C=O) groups is 1. The second-order valence-corrected chi connectivity index (χ2v) is 4.32. The normalized spacial score (nSPS) is 10.1. The molecular formula is C13H8Cl2NO2. The fourth-order valence-electron chi connectivity index (χ4n) is 1.47. The summed E-state index contributed by atoms with van der Waals surface area (Å²) in [6.07, 6.45) is 0. The van der Waals surface area contributed by atoms with Gasteiger partial charge in [0.25, 0.3) is 0 Å². The Kier molecular flexibility index (Phi) is 3.75. The number of benzene rings is 2. The fraction of sp³-hybridized carbons (Fsp3) is 0. The largest absolute Gasteiger partial charge is 0.478 e. The van der Waals surface area contributed by atoms with Gasteiger partial charge in [-0.25, -0.2) is 10.1 Å². The topological polar surface area (TPSA) is 51.4 Å². The predicted molar refractivity (Wildman–Crippen MR) is 71.3 cm³/mol. The van der Waals surface area contributed by atoms with Crippen LogP contribution in [0.5, 0.6) is 0 Å². The summed E-state index contributed by atoms with van der Waals surface area (Å²) in [5.74, 6) is -1.04. The molecule has 0 bridgehead atoms. The van der Waals surface area contributed by atoms with Gasteiger partial charge >= 0.3 is 5.97 Å². The number of carboxylic acid groups (broad SMARTS) is 1. The van der Waals surface area contributed by atoms with E-state index in [0.717, 1.165) is 0 Å². The van der Waals surface area contributed by atoms with E-state index in [1.807, 2.05) is 0 Å². The van der Waals surface area contributed by atoms with Crippen LogP contribution in [-0.2, 0) is 0 Å². The van der Waals surface area contributed by atoms with Crippen molar-refractivity contribution in [2.24, 2.45) is 0 Å². The molecule has 1 radical (unpaired) electrons. The Labute approximate surface area is 114 Å². The predicted octanol–water partition coefficient (Wildman–Crippen LogP) is 4.26. The molecule has 0 aliphatic heterocycles. The molecule has 0 heterocycles. The molecule has 1 N–H and O–H groups in total. The zero-order valence-corrected chi connectivity index (χ0v) is 10.6. The maximum Gasteiger partial charge on any atom is 0.337 e. The van der Waals surface area contributed by atoms with Crippen LogP contribution in [0.1, 0.15) is 10.4 Å².